The van der Waals surface area contributed by atoms with Crippen molar-refractivity contribution in [2.75, 3.05) is 26.2 Å². The minimum atomic E-state index is 0.806. The summed E-state index contributed by atoms with van der Waals surface area (Å²) >= 11 is 0. The summed E-state index contributed by atoms with van der Waals surface area (Å²) in [5.41, 5.74) is 0. The van der Waals surface area contributed by atoms with Crippen molar-refractivity contribution in [3.05, 3.63) is 0 Å². The Morgan fingerprint density at radius 1 is 1.14 bits per heavy atom. The molecule has 2 heterocycles. The lowest BCUT2D eigenvalue weighted by molar-refractivity contribution is 0.0149. The molecule has 0 radical (unpaired) electrons. The lowest BCUT2D eigenvalue weighted by Crippen LogP contribution is -2.55. The summed E-state index contributed by atoms with van der Waals surface area (Å²) < 4.78 is 0. The highest BCUT2D eigenvalue weighted by molar-refractivity contribution is 4.90. The molecule has 0 aromatic heterocycles. The highest BCUT2D eigenvalue weighted by atomic mass is 15.2. The SMILES string of the molecule is CC(C)C1CN(C(C)C2CCNC2)C1. The Bertz CT molecular complexity index is 179. The fourth-order valence-corrected chi connectivity index (χ4v) is 2.69. The van der Waals surface area contributed by atoms with Crippen LogP contribution in [0.15, 0.2) is 0 Å². The summed E-state index contributed by atoms with van der Waals surface area (Å²) in [4.78, 5) is 2.67. The molecule has 0 aliphatic carbocycles. The van der Waals surface area contributed by atoms with Gasteiger partial charge in [-0.15, -0.1) is 0 Å². The maximum absolute atomic E-state index is 3.46. The van der Waals surface area contributed by atoms with E-state index in [4.69, 9.17) is 0 Å². The molecular formula is C12H24N2. The molecule has 82 valence electrons. The van der Waals surface area contributed by atoms with Crippen LogP contribution >= 0.6 is 0 Å². The second kappa shape index (κ2) is 4.19. The lowest BCUT2D eigenvalue weighted by Gasteiger charge is -2.47. The zero-order chi connectivity index (χ0) is 10.1. The van der Waals surface area contributed by atoms with Crippen LogP contribution in [0.4, 0.5) is 0 Å². The summed E-state index contributed by atoms with van der Waals surface area (Å²) in [5.74, 6) is 2.75. The van der Waals surface area contributed by atoms with Gasteiger partial charge in [0.15, 0.2) is 0 Å². The van der Waals surface area contributed by atoms with Gasteiger partial charge in [-0.25, -0.2) is 0 Å². The summed E-state index contributed by atoms with van der Waals surface area (Å²) in [6, 6.07) is 0.806. The van der Waals surface area contributed by atoms with E-state index in [1.807, 2.05) is 0 Å². The predicted molar refractivity (Wildman–Crippen MR) is 60.3 cm³/mol. The molecule has 2 saturated heterocycles. The quantitative estimate of drug-likeness (QED) is 0.737. The van der Waals surface area contributed by atoms with Gasteiger partial charge in [0.25, 0.3) is 0 Å². The molecule has 0 aromatic carbocycles. The topological polar surface area (TPSA) is 15.3 Å². The van der Waals surface area contributed by atoms with Gasteiger partial charge in [0.1, 0.15) is 0 Å². The first kappa shape index (κ1) is 10.4. The molecule has 2 aliphatic rings. The van der Waals surface area contributed by atoms with Crippen LogP contribution in [0.3, 0.4) is 0 Å². The zero-order valence-electron chi connectivity index (χ0n) is 9.79. The molecule has 0 amide bonds. The Kier molecular flexibility index (Phi) is 3.13. The van der Waals surface area contributed by atoms with Crippen molar-refractivity contribution in [3.8, 4) is 0 Å². The fourth-order valence-electron chi connectivity index (χ4n) is 2.69. The Balaban J connectivity index is 1.75. The number of nitrogens with zero attached hydrogens (tertiary/aromatic N) is 1. The third kappa shape index (κ3) is 1.96. The Hall–Kier alpha value is -0.0800. The minimum Gasteiger partial charge on any atom is -0.316 e. The fraction of sp³-hybridized carbons (Fsp3) is 1.00. The van der Waals surface area contributed by atoms with Gasteiger partial charge in [-0.1, -0.05) is 13.8 Å². The number of rotatable bonds is 3. The number of hydrogen-bond donors (Lipinski definition) is 1. The van der Waals surface area contributed by atoms with Crippen LogP contribution in [-0.2, 0) is 0 Å². The van der Waals surface area contributed by atoms with Crippen molar-refractivity contribution in [2.45, 2.75) is 33.2 Å². The van der Waals surface area contributed by atoms with Crippen LogP contribution in [0.1, 0.15) is 27.2 Å². The van der Waals surface area contributed by atoms with Crippen molar-refractivity contribution < 1.29 is 0 Å². The van der Waals surface area contributed by atoms with Crippen LogP contribution in [0.25, 0.3) is 0 Å². The van der Waals surface area contributed by atoms with Crippen LogP contribution in [0.2, 0.25) is 0 Å². The van der Waals surface area contributed by atoms with Crippen LogP contribution in [-0.4, -0.2) is 37.1 Å². The third-order valence-electron chi connectivity index (χ3n) is 4.24. The molecule has 2 aliphatic heterocycles. The average Bonchev–Trinajstić information content (AvgIpc) is 2.51. The molecule has 0 saturated carbocycles. The number of likely N-dealkylation sites (tertiary alicyclic amines) is 1. The zero-order valence-corrected chi connectivity index (χ0v) is 9.79. The van der Waals surface area contributed by atoms with Crippen molar-refractivity contribution >= 4 is 0 Å². The maximum atomic E-state index is 3.46. The number of nitrogens with one attached hydrogen (secondary N) is 1. The van der Waals surface area contributed by atoms with Crippen molar-refractivity contribution in [3.63, 3.8) is 0 Å². The Labute approximate surface area is 88.1 Å². The van der Waals surface area contributed by atoms with E-state index in [9.17, 15) is 0 Å². The van der Waals surface area contributed by atoms with Gasteiger partial charge in [-0.3, -0.25) is 4.90 Å². The first-order chi connectivity index (χ1) is 6.68. The van der Waals surface area contributed by atoms with Gasteiger partial charge in [0.2, 0.25) is 0 Å². The van der Waals surface area contributed by atoms with Gasteiger partial charge < -0.3 is 5.32 Å². The normalized spacial score (nSPS) is 32.1. The van der Waals surface area contributed by atoms with Gasteiger partial charge in [-0.2, -0.15) is 0 Å². The predicted octanol–water partition coefficient (Wildman–Crippen LogP) is 1.57. The van der Waals surface area contributed by atoms with E-state index in [2.05, 4.69) is 31.0 Å². The van der Waals surface area contributed by atoms with Crippen LogP contribution < -0.4 is 5.32 Å². The third-order valence-corrected chi connectivity index (χ3v) is 4.24. The van der Waals surface area contributed by atoms with Gasteiger partial charge >= 0.3 is 0 Å². The van der Waals surface area contributed by atoms with Crippen molar-refractivity contribution in [2.24, 2.45) is 17.8 Å². The molecule has 0 bridgehead atoms. The first-order valence-corrected chi connectivity index (χ1v) is 6.13. The van der Waals surface area contributed by atoms with E-state index in [1.165, 1.54) is 32.6 Å². The molecule has 2 atom stereocenters. The molecule has 1 N–H and O–H groups in total. The van der Waals surface area contributed by atoms with Crippen LogP contribution in [0, 0.1) is 17.8 Å². The monoisotopic (exact) mass is 196 g/mol. The molecular weight excluding hydrogens is 172 g/mol. The van der Waals surface area contributed by atoms with Crippen molar-refractivity contribution in [1.82, 2.24) is 10.2 Å². The van der Waals surface area contributed by atoms with E-state index < -0.39 is 0 Å². The second-order valence-corrected chi connectivity index (χ2v) is 5.45. The smallest absolute Gasteiger partial charge is 0.0108 e. The highest BCUT2D eigenvalue weighted by Gasteiger charge is 2.35. The van der Waals surface area contributed by atoms with E-state index in [1.54, 1.807) is 0 Å². The molecule has 0 spiro atoms. The van der Waals surface area contributed by atoms with Gasteiger partial charge in [0.05, 0.1) is 0 Å². The number of hydrogen-bond acceptors (Lipinski definition) is 2. The molecule has 2 fully saturated rings. The Morgan fingerprint density at radius 3 is 2.36 bits per heavy atom. The molecule has 2 unspecified atom stereocenters. The lowest BCUT2D eigenvalue weighted by atomic mass is 9.85. The van der Waals surface area contributed by atoms with Crippen LogP contribution in [0.5, 0.6) is 0 Å². The molecule has 0 aromatic rings. The summed E-state index contributed by atoms with van der Waals surface area (Å²) in [5, 5.41) is 3.46. The van der Waals surface area contributed by atoms with Crippen molar-refractivity contribution in [1.29, 1.82) is 0 Å². The molecule has 2 heteroatoms. The van der Waals surface area contributed by atoms with E-state index >= 15 is 0 Å². The van der Waals surface area contributed by atoms with E-state index in [0.717, 1.165) is 23.8 Å². The molecule has 14 heavy (non-hydrogen) atoms. The van der Waals surface area contributed by atoms with E-state index in [0.29, 0.717) is 0 Å². The maximum Gasteiger partial charge on any atom is 0.0108 e. The van der Waals surface area contributed by atoms with Gasteiger partial charge in [0, 0.05) is 19.1 Å². The summed E-state index contributed by atoms with van der Waals surface area (Å²) in [6.07, 6.45) is 1.38. The average molecular weight is 196 g/mol. The summed E-state index contributed by atoms with van der Waals surface area (Å²) in [6.45, 7) is 12.3. The second-order valence-electron chi connectivity index (χ2n) is 5.45. The molecule has 2 rings (SSSR count). The first-order valence-electron chi connectivity index (χ1n) is 6.13. The standard InChI is InChI=1S/C12H24N2/c1-9(2)12-7-14(8-12)10(3)11-4-5-13-6-11/h9-13H,4-8H2,1-3H3. The molecule has 2 nitrogen and oxygen atoms in total. The van der Waals surface area contributed by atoms with Gasteiger partial charge in [-0.05, 0) is 44.2 Å². The minimum absolute atomic E-state index is 0.806. The largest absolute Gasteiger partial charge is 0.316 e. The van der Waals surface area contributed by atoms with E-state index in [-0.39, 0.29) is 0 Å². The Morgan fingerprint density at radius 2 is 1.86 bits per heavy atom. The highest BCUT2D eigenvalue weighted by Crippen LogP contribution is 2.29. The summed E-state index contributed by atoms with van der Waals surface area (Å²) in [7, 11) is 0.